The molecule has 0 saturated heterocycles. The van der Waals surface area contributed by atoms with Crippen molar-refractivity contribution in [2.24, 2.45) is 0 Å². The molecule has 0 amide bonds. The SMILES string of the molecule is CCCCCCCCC/C=C\CCCCCCCCCCCCCC(O)(C[N+](C)(C)C)P(=O)(O)O. The number of aliphatic hydroxyl groups is 1. The molecule has 0 aliphatic carbocycles. The molecular weight excluding hydrogens is 457 g/mol. The molecule has 6 heteroatoms. The van der Waals surface area contributed by atoms with Crippen LogP contribution in [0.5, 0.6) is 0 Å². The number of hydrogen-bond acceptors (Lipinski definition) is 2. The molecule has 0 spiro atoms. The van der Waals surface area contributed by atoms with Gasteiger partial charge in [0, 0.05) is 0 Å². The van der Waals surface area contributed by atoms with Crippen LogP contribution >= 0.6 is 7.60 Å². The maximum Gasteiger partial charge on any atom is 0.362 e. The molecule has 0 aromatic heterocycles. The van der Waals surface area contributed by atoms with Crippen molar-refractivity contribution in [2.45, 2.75) is 147 Å². The first-order valence-corrected chi connectivity index (χ1v) is 16.4. The Hall–Kier alpha value is -0.190. The van der Waals surface area contributed by atoms with Crippen molar-refractivity contribution in [2.75, 3.05) is 27.7 Å². The van der Waals surface area contributed by atoms with Crippen LogP contribution in [0.15, 0.2) is 12.2 Å². The Morgan fingerprint density at radius 1 is 0.629 bits per heavy atom. The normalized spacial score (nSPS) is 14.6. The number of quaternary nitrogens is 1. The zero-order valence-corrected chi connectivity index (χ0v) is 24.7. The first kappa shape index (κ1) is 34.8. The van der Waals surface area contributed by atoms with Crippen LogP contribution in [0.1, 0.15) is 142 Å². The van der Waals surface area contributed by atoms with Crippen molar-refractivity contribution in [3.05, 3.63) is 12.2 Å². The lowest BCUT2D eigenvalue weighted by Crippen LogP contribution is -2.49. The Morgan fingerprint density at radius 3 is 1.31 bits per heavy atom. The summed E-state index contributed by atoms with van der Waals surface area (Å²) in [5.41, 5.74) is 0. The number of hydrogen-bond donors (Lipinski definition) is 3. The molecule has 0 aromatic carbocycles. The lowest BCUT2D eigenvalue weighted by molar-refractivity contribution is -0.875. The van der Waals surface area contributed by atoms with Crippen molar-refractivity contribution in [1.29, 1.82) is 0 Å². The molecule has 0 rings (SSSR count). The van der Waals surface area contributed by atoms with Crippen LogP contribution in [0.3, 0.4) is 0 Å². The molecule has 0 heterocycles. The van der Waals surface area contributed by atoms with Crippen molar-refractivity contribution < 1.29 is 23.9 Å². The van der Waals surface area contributed by atoms with Gasteiger partial charge in [0.2, 0.25) is 5.34 Å². The van der Waals surface area contributed by atoms with Gasteiger partial charge in [-0.2, -0.15) is 0 Å². The van der Waals surface area contributed by atoms with Gasteiger partial charge in [0.1, 0.15) is 6.54 Å². The second kappa shape index (κ2) is 20.8. The first-order valence-electron chi connectivity index (χ1n) is 14.8. The average Bonchev–Trinajstić information content (AvgIpc) is 2.75. The van der Waals surface area contributed by atoms with E-state index in [9.17, 15) is 19.5 Å². The first-order chi connectivity index (χ1) is 16.5. The molecule has 0 radical (unpaired) electrons. The third kappa shape index (κ3) is 21.6. The van der Waals surface area contributed by atoms with Crippen LogP contribution in [0, 0.1) is 0 Å². The van der Waals surface area contributed by atoms with Gasteiger partial charge in [-0.05, 0) is 38.5 Å². The van der Waals surface area contributed by atoms with Gasteiger partial charge in [-0.3, -0.25) is 4.57 Å². The molecule has 0 aliphatic heterocycles. The predicted octanol–water partition coefficient (Wildman–Crippen LogP) is 8.33. The highest BCUT2D eigenvalue weighted by molar-refractivity contribution is 7.53. The number of unbranched alkanes of at least 4 members (excludes halogenated alkanes) is 18. The second-order valence-corrected chi connectivity index (χ2v) is 13.7. The van der Waals surface area contributed by atoms with Crippen LogP contribution < -0.4 is 0 Å². The Labute approximate surface area is 218 Å². The number of nitrogens with zero attached hydrogens (tertiary/aromatic N) is 1. The molecular formula is C29H61NO4P+. The van der Waals surface area contributed by atoms with Gasteiger partial charge in [0.15, 0.2) is 0 Å². The van der Waals surface area contributed by atoms with Crippen molar-refractivity contribution in [1.82, 2.24) is 0 Å². The fourth-order valence-electron chi connectivity index (χ4n) is 4.79. The summed E-state index contributed by atoms with van der Waals surface area (Å²) in [7, 11) is 0.986. The molecule has 1 atom stereocenters. The summed E-state index contributed by atoms with van der Waals surface area (Å²) >= 11 is 0. The van der Waals surface area contributed by atoms with Gasteiger partial charge in [-0.1, -0.05) is 115 Å². The summed E-state index contributed by atoms with van der Waals surface area (Å²) in [6.07, 6.45) is 30.2. The maximum absolute atomic E-state index is 11.8. The van der Waals surface area contributed by atoms with Crippen LogP contribution in [-0.2, 0) is 4.57 Å². The summed E-state index contributed by atoms with van der Waals surface area (Å²) in [4.78, 5) is 19.2. The summed E-state index contributed by atoms with van der Waals surface area (Å²) < 4.78 is 12.1. The van der Waals surface area contributed by atoms with Gasteiger partial charge in [-0.25, -0.2) is 0 Å². The lowest BCUT2D eigenvalue weighted by atomic mass is 10.0. The summed E-state index contributed by atoms with van der Waals surface area (Å²) in [6, 6.07) is 0. The molecule has 0 bridgehead atoms. The predicted molar refractivity (Wildman–Crippen MR) is 152 cm³/mol. The monoisotopic (exact) mass is 518 g/mol. The standard InChI is InChI=1S/C29H60NO4P/c1-5-6-7-8-9-10-11-12-13-14-15-16-17-18-19-20-21-22-23-24-25-26-27-29(31,35(32,33)34)28-30(2,3)4/h13-14,31H,5-12,15-28H2,1-4H3,(H-,32,33,34)/p+1/b14-13-. The zero-order chi connectivity index (χ0) is 26.5. The third-order valence-corrected chi connectivity index (χ3v) is 8.31. The van der Waals surface area contributed by atoms with Crippen molar-refractivity contribution in [3.63, 3.8) is 0 Å². The van der Waals surface area contributed by atoms with Crippen molar-refractivity contribution >= 4 is 7.60 Å². The topological polar surface area (TPSA) is 77.8 Å². The van der Waals surface area contributed by atoms with E-state index in [2.05, 4.69) is 19.1 Å². The Morgan fingerprint density at radius 2 is 0.971 bits per heavy atom. The van der Waals surface area contributed by atoms with E-state index in [1.807, 2.05) is 21.1 Å². The average molecular weight is 519 g/mol. The van der Waals surface area contributed by atoms with E-state index in [4.69, 9.17) is 0 Å². The minimum atomic E-state index is -4.54. The molecule has 3 N–H and O–H groups in total. The molecule has 0 aliphatic rings. The van der Waals surface area contributed by atoms with E-state index in [0.717, 1.165) is 12.8 Å². The van der Waals surface area contributed by atoms with Crippen LogP contribution in [0.4, 0.5) is 0 Å². The maximum atomic E-state index is 11.8. The van der Waals surface area contributed by atoms with Gasteiger partial charge in [-0.15, -0.1) is 0 Å². The fraction of sp³-hybridized carbons (Fsp3) is 0.931. The van der Waals surface area contributed by atoms with Gasteiger partial charge >= 0.3 is 7.60 Å². The lowest BCUT2D eigenvalue weighted by Gasteiger charge is -2.35. The molecule has 5 nitrogen and oxygen atoms in total. The Balaban J connectivity index is 3.50. The van der Waals surface area contributed by atoms with Gasteiger partial charge in [0.25, 0.3) is 0 Å². The van der Waals surface area contributed by atoms with E-state index >= 15 is 0 Å². The summed E-state index contributed by atoms with van der Waals surface area (Å²) in [6.45, 7) is 2.34. The highest BCUT2D eigenvalue weighted by atomic mass is 31.2. The third-order valence-electron chi connectivity index (χ3n) is 6.86. The van der Waals surface area contributed by atoms with Crippen LogP contribution in [-0.4, -0.2) is 52.4 Å². The molecule has 210 valence electrons. The van der Waals surface area contributed by atoms with E-state index in [0.29, 0.717) is 10.9 Å². The van der Waals surface area contributed by atoms with Crippen LogP contribution in [0.25, 0.3) is 0 Å². The van der Waals surface area contributed by atoms with Gasteiger partial charge in [0.05, 0.1) is 21.1 Å². The Bertz CT molecular complexity index is 555. The molecule has 0 fully saturated rings. The number of rotatable bonds is 25. The zero-order valence-electron chi connectivity index (χ0n) is 23.9. The van der Waals surface area contributed by atoms with E-state index in [1.54, 1.807) is 0 Å². The van der Waals surface area contributed by atoms with Crippen LogP contribution in [0.2, 0.25) is 0 Å². The number of likely N-dealkylation sites (N-methyl/N-ethyl adjacent to an activating group) is 1. The minimum Gasteiger partial charge on any atom is -0.373 e. The van der Waals surface area contributed by atoms with Crippen molar-refractivity contribution in [3.8, 4) is 0 Å². The molecule has 0 aromatic rings. The summed E-state index contributed by atoms with van der Waals surface area (Å²) in [5.74, 6) is 0. The largest absolute Gasteiger partial charge is 0.373 e. The fourth-order valence-corrected chi connectivity index (χ4v) is 5.85. The second-order valence-electron chi connectivity index (χ2n) is 11.8. The quantitative estimate of drug-likeness (QED) is 0.0491. The Kier molecular flexibility index (Phi) is 20.7. The highest BCUT2D eigenvalue weighted by Gasteiger charge is 2.48. The smallest absolute Gasteiger partial charge is 0.362 e. The minimum absolute atomic E-state index is 0.0623. The summed E-state index contributed by atoms with van der Waals surface area (Å²) in [5, 5.41) is 8.66. The number of allylic oxidation sites excluding steroid dienone is 2. The molecule has 35 heavy (non-hydrogen) atoms. The van der Waals surface area contributed by atoms with E-state index < -0.39 is 12.9 Å². The highest BCUT2D eigenvalue weighted by Crippen LogP contribution is 2.52. The molecule has 1 unspecified atom stereocenters. The van der Waals surface area contributed by atoms with E-state index in [1.165, 1.54) is 109 Å². The molecule has 0 saturated carbocycles. The van der Waals surface area contributed by atoms with Gasteiger partial charge < -0.3 is 19.4 Å². The van der Waals surface area contributed by atoms with E-state index in [-0.39, 0.29) is 13.0 Å².